The number of nitrogens with zero attached hydrogens (tertiary/aromatic N) is 1. The molecule has 0 spiro atoms. The van der Waals surface area contributed by atoms with Gasteiger partial charge in [-0.1, -0.05) is 29.8 Å². The van der Waals surface area contributed by atoms with Gasteiger partial charge in [-0.2, -0.15) is 0 Å². The van der Waals surface area contributed by atoms with Crippen LogP contribution in [0.5, 0.6) is 11.5 Å². The van der Waals surface area contributed by atoms with Crippen LogP contribution in [0.3, 0.4) is 0 Å². The van der Waals surface area contributed by atoms with Crippen molar-refractivity contribution in [1.82, 2.24) is 4.57 Å². The summed E-state index contributed by atoms with van der Waals surface area (Å²) in [4.78, 5) is 27.0. The maximum atomic E-state index is 13.6. The lowest BCUT2D eigenvalue weighted by molar-refractivity contribution is -0.115. The number of ether oxygens (including phenoxy) is 2. The first-order valence-corrected chi connectivity index (χ1v) is 13.0. The van der Waals surface area contributed by atoms with Crippen LogP contribution in [0.1, 0.15) is 21.6 Å². The van der Waals surface area contributed by atoms with E-state index in [1.54, 1.807) is 55.2 Å². The number of amides is 1. The summed E-state index contributed by atoms with van der Waals surface area (Å²) in [6, 6.07) is 23.6. The molecule has 2 aromatic heterocycles. The van der Waals surface area contributed by atoms with E-state index in [9.17, 15) is 9.59 Å². The van der Waals surface area contributed by atoms with Crippen LogP contribution in [0.4, 0.5) is 5.69 Å². The van der Waals surface area contributed by atoms with Crippen LogP contribution in [0.2, 0.25) is 5.02 Å². The Bertz CT molecular complexity index is 1940. The molecule has 0 radical (unpaired) electrons. The van der Waals surface area contributed by atoms with Crippen LogP contribution in [-0.4, -0.2) is 30.6 Å². The van der Waals surface area contributed by atoms with Crippen molar-refractivity contribution in [3.63, 3.8) is 0 Å². The lowest BCUT2D eigenvalue weighted by Crippen LogP contribution is -2.17. The van der Waals surface area contributed by atoms with Crippen LogP contribution in [0.25, 0.3) is 32.8 Å². The van der Waals surface area contributed by atoms with Crippen LogP contribution >= 0.6 is 11.6 Å². The van der Waals surface area contributed by atoms with E-state index < -0.39 is 0 Å². The summed E-state index contributed by atoms with van der Waals surface area (Å²) in [6.07, 6.45) is 0.0255. The zero-order chi connectivity index (χ0) is 28.0. The van der Waals surface area contributed by atoms with Crippen molar-refractivity contribution in [2.45, 2.75) is 13.3 Å². The quantitative estimate of drug-likeness (QED) is 0.233. The van der Waals surface area contributed by atoms with Crippen LogP contribution in [0, 0.1) is 6.92 Å². The number of fused-ring (bicyclic) bond motifs is 4. The minimum Gasteiger partial charge on any atom is -0.497 e. The number of hydrogen-bond donors (Lipinski definition) is 1. The molecule has 0 atom stereocenters. The zero-order valence-electron chi connectivity index (χ0n) is 22.1. The number of carbonyl (C=O) groups is 2. The normalized spacial score (nSPS) is 11.3. The molecule has 6 rings (SSSR count). The summed E-state index contributed by atoms with van der Waals surface area (Å²) >= 11 is 6.03. The lowest BCUT2D eigenvalue weighted by Gasteiger charge is -2.11. The molecule has 4 aromatic carbocycles. The van der Waals surface area contributed by atoms with Crippen molar-refractivity contribution in [3.8, 4) is 11.5 Å². The van der Waals surface area contributed by atoms with Gasteiger partial charge in [-0.05, 0) is 67.1 Å². The second kappa shape index (κ2) is 10.1. The van der Waals surface area contributed by atoms with E-state index >= 15 is 0 Å². The SMILES string of the molecule is COc1ccc2c(c1)c(CC(=O)Nc1cc3oc4ccccc4c3cc1OC)c(C)n2C(=O)c1ccc(Cl)cc1. The Balaban J connectivity index is 1.38. The fraction of sp³-hybridized carbons (Fsp3) is 0.125. The first-order chi connectivity index (χ1) is 19.4. The van der Waals surface area contributed by atoms with Crippen LogP contribution in [-0.2, 0) is 11.2 Å². The Labute approximate surface area is 234 Å². The summed E-state index contributed by atoms with van der Waals surface area (Å²) in [5.74, 6) is 0.666. The molecule has 0 aliphatic heterocycles. The number of anilines is 1. The van der Waals surface area contributed by atoms with E-state index in [2.05, 4.69) is 5.32 Å². The number of hydrogen-bond acceptors (Lipinski definition) is 5. The molecule has 1 amide bonds. The molecule has 6 aromatic rings. The zero-order valence-corrected chi connectivity index (χ0v) is 22.8. The average Bonchev–Trinajstić information content (AvgIpc) is 3.46. The Morgan fingerprint density at radius 1 is 0.875 bits per heavy atom. The molecule has 0 aliphatic carbocycles. The molecule has 0 aliphatic rings. The summed E-state index contributed by atoms with van der Waals surface area (Å²) in [5.41, 5.74) is 4.45. The fourth-order valence-electron chi connectivity index (χ4n) is 5.17. The molecule has 0 saturated carbocycles. The monoisotopic (exact) mass is 552 g/mol. The van der Waals surface area contributed by atoms with Crippen molar-refractivity contribution in [2.75, 3.05) is 19.5 Å². The molecule has 0 saturated heterocycles. The predicted molar refractivity (Wildman–Crippen MR) is 157 cm³/mol. The third kappa shape index (κ3) is 4.34. The van der Waals surface area contributed by atoms with Crippen molar-refractivity contribution in [2.24, 2.45) is 0 Å². The van der Waals surface area contributed by atoms with Gasteiger partial charge in [0.25, 0.3) is 5.91 Å². The number of methoxy groups -OCH3 is 2. The van der Waals surface area contributed by atoms with E-state index in [0.29, 0.717) is 44.6 Å². The molecule has 2 heterocycles. The Hall–Kier alpha value is -4.75. The average molecular weight is 553 g/mol. The molecular formula is C32H25ClN2O5. The molecule has 0 unspecified atom stereocenters. The van der Waals surface area contributed by atoms with Gasteiger partial charge in [0.05, 0.1) is 31.8 Å². The van der Waals surface area contributed by atoms with Gasteiger partial charge in [0, 0.05) is 38.5 Å². The highest BCUT2D eigenvalue weighted by Crippen LogP contribution is 2.37. The minimum atomic E-state index is -0.266. The maximum absolute atomic E-state index is 13.6. The number of benzene rings is 4. The van der Waals surface area contributed by atoms with Crippen molar-refractivity contribution in [3.05, 3.63) is 101 Å². The second-order valence-electron chi connectivity index (χ2n) is 9.47. The number of rotatable bonds is 6. The molecular weight excluding hydrogens is 528 g/mol. The maximum Gasteiger partial charge on any atom is 0.262 e. The van der Waals surface area contributed by atoms with E-state index in [0.717, 1.165) is 27.3 Å². The fourth-order valence-corrected chi connectivity index (χ4v) is 5.29. The molecule has 7 nitrogen and oxygen atoms in total. The summed E-state index contributed by atoms with van der Waals surface area (Å²) < 4.78 is 18.7. The topological polar surface area (TPSA) is 82.7 Å². The van der Waals surface area contributed by atoms with Crippen molar-refractivity contribution >= 4 is 61.9 Å². The number of furan rings is 1. The molecule has 1 N–H and O–H groups in total. The standard InChI is InChI=1S/C32H25ClN2O5/c1-18-23(24-14-21(38-2)12-13-27(24)35(18)32(37)19-8-10-20(33)11-9-19)16-31(36)34-26-17-29-25(15-30(26)39-3)22-6-4-5-7-28(22)40-29/h4-15,17H,16H2,1-3H3,(H,34,36). The highest BCUT2D eigenvalue weighted by Gasteiger charge is 2.23. The van der Waals surface area contributed by atoms with Gasteiger partial charge in [-0.15, -0.1) is 0 Å². The van der Waals surface area contributed by atoms with E-state index in [1.807, 2.05) is 49.4 Å². The van der Waals surface area contributed by atoms with Gasteiger partial charge < -0.3 is 19.2 Å². The second-order valence-corrected chi connectivity index (χ2v) is 9.90. The number of halogens is 1. The first kappa shape index (κ1) is 25.5. The summed E-state index contributed by atoms with van der Waals surface area (Å²) in [5, 5.41) is 6.15. The third-order valence-corrected chi connectivity index (χ3v) is 7.40. The Morgan fingerprint density at radius 3 is 2.40 bits per heavy atom. The lowest BCUT2D eigenvalue weighted by atomic mass is 10.1. The summed E-state index contributed by atoms with van der Waals surface area (Å²) in [6.45, 7) is 1.84. The first-order valence-electron chi connectivity index (χ1n) is 12.6. The molecule has 200 valence electrons. The predicted octanol–water partition coefficient (Wildman–Crippen LogP) is 7.39. The molecule has 0 fully saturated rings. The van der Waals surface area contributed by atoms with Crippen molar-refractivity contribution in [1.29, 1.82) is 0 Å². The van der Waals surface area contributed by atoms with Gasteiger partial charge >= 0.3 is 0 Å². The molecule has 0 bridgehead atoms. The number of nitrogens with one attached hydrogen (secondary N) is 1. The Kier molecular flexibility index (Phi) is 6.44. The molecule has 40 heavy (non-hydrogen) atoms. The largest absolute Gasteiger partial charge is 0.497 e. The van der Waals surface area contributed by atoms with E-state index in [4.69, 9.17) is 25.5 Å². The van der Waals surface area contributed by atoms with Crippen molar-refractivity contribution < 1.29 is 23.5 Å². The molecule has 8 heteroatoms. The number of para-hydroxylation sites is 1. The van der Waals surface area contributed by atoms with Gasteiger partial charge in [-0.25, -0.2) is 0 Å². The van der Waals surface area contributed by atoms with Gasteiger partial charge in [0.1, 0.15) is 22.7 Å². The number of carbonyl (C=O) groups excluding carboxylic acids is 2. The Morgan fingerprint density at radius 2 is 1.65 bits per heavy atom. The smallest absolute Gasteiger partial charge is 0.262 e. The summed E-state index contributed by atoms with van der Waals surface area (Å²) in [7, 11) is 3.14. The van der Waals surface area contributed by atoms with Gasteiger partial charge in [-0.3, -0.25) is 14.2 Å². The highest BCUT2D eigenvalue weighted by molar-refractivity contribution is 6.30. The highest BCUT2D eigenvalue weighted by atomic mass is 35.5. The van der Waals surface area contributed by atoms with E-state index in [-0.39, 0.29) is 18.2 Å². The third-order valence-electron chi connectivity index (χ3n) is 7.15. The number of aromatic nitrogens is 1. The van der Waals surface area contributed by atoms with Crippen LogP contribution in [0.15, 0.2) is 83.3 Å². The minimum absolute atomic E-state index is 0.0255. The van der Waals surface area contributed by atoms with Crippen LogP contribution < -0.4 is 14.8 Å². The van der Waals surface area contributed by atoms with E-state index in [1.165, 1.54) is 0 Å². The van der Waals surface area contributed by atoms with Gasteiger partial charge in [0.15, 0.2) is 0 Å². The van der Waals surface area contributed by atoms with Gasteiger partial charge in [0.2, 0.25) is 5.91 Å².